The predicted octanol–water partition coefficient (Wildman–Crippen LogP) is 14.2. The first-order valence-corrected chi connectivity index (χ1v) is 21.0. The maximum atomic E-state index is 10.2. The topological polar surface area (TPSA) is 17.1 Å². The summed E-state index contributed by atoms with van der Waals surface area (Å²) in [5, 5.41) is 0. The molecule has 46 heavy (non-hydrogen) atoms. The van der Waals surface area contributed by atoms with Gasteiger partial charge in [0.2, 0.25) is 0 Å². The highest BCUT2D eigenvalue weighted by Gasteiger charge is 2.59. The van der Waals surface area contributed by atoms with Crippen molar-refractivity contribution in [3.05, 3.63) is 23.8 Å². The summed E-state index contributed by atoms with van der Waals surface area (Å²) in [5.41, 5.74) is 3.05. The first-order valence-electron chi connectivity index (χ1n) is 21.0. The monoisotopic (exact) mass is 634 g/mol. The van der Waals surface area contributed by atoms with Crippen LogP contribution in [-0.2, 0) is 4.79 Å². The molecule has 0 aromatic rings. The highest BCUT2D eigenvalue weighted by molar-refractivity contribution is 5.50. The van der Waals surface area contributed by atoms with Crippen LogP contribution in [0.5, 0.6) is 0 Å². The summed E-state index contributed by atoms with van der Waals surface area (Å²) in [6.07, 6.45) is 45.2. The highest BCUT2D eigenvalue weighted by Crippen LogP contribution is 2.67. The number of rotatable bonds is 22. The van der Waals surface area contributed by atoms with E-state index >= 15 is 0 Å². The largest absolute Gasteiger partial charge is 0.291 e. The Kier molecular flexibility index (Phi) is 16.0. The van der Waals surface area contributed by atoms with Crippen LogP contribution < -0.4 is 0 Å². The number of hydrogen-bond donors (Lipinski definition) is 0. The van der Waals surface area contributed by atoms with Gasteiger partial charge in [-0.05, 0) is 136 Å². The Labute approximate surface area is 288 Å². The van der Waals surface area contributed by atoms with E-state index in [9.17, 15) is 4.79 Å². The molecule has 0 heterocycles. The quantitative estimate of drug-likeness (QED) is 0.0856. The summed E-state index contributed by atoms with van der Waals surface area (Å²) in [4.78, 5) is 10.2. The van der Waals surface area contributed by atoms with Crippen LogP contribution in [0.15, 0.2) is 23.8 Å². The normalized spacial score (nSPS) is 33.1. The Morgan fingerprint density at radius 1 is 0.761 bits per heavy atom. The van der Waals surface area contributed by atoms with E-state index in [1.54, 1.807) is 0 Å². The minimum atomic E-state index is 0.521. The fourth-order valence-corrected chi connectivity index (χ4v) is 11.6. The van der Waals surface area contributed by atoms with Crippen molar-refractivity contribution in [3.63, 3.8) is 0 Å². The van der Waals surface area contributed by atoms with Crippen molar-refractivity contribution >= 4 is 6.29 Å². The van der Waals surface area contributed by atoms with Crippen molar-refractivity contribution in [2.45, 2.75) is 202 Å². The summed E-state index contributed by atoms with van der Waals surface area (Å²) < 4.78 is 0. The third-order valence-electron chi connectivity index (χ3n) is 14.5. The van der Waals surface area contributed by atoms with Gasteiger partial charge in [0.05, 0.1) is 0 Å². The molecule has 4 unspecified atom stereocenters. The first kappa shape index (κ1) is 38.0. The molecule has 0 aliphatic heterocycles. The lowest BCUT2D eigenvalue weighted by Gasteiger charge is -2.58. The number of carbonyl (C=O) groups excluding carboxylic acids is 1. The second-order valence-corrected chi connectivity index (χ2v) is 18.0. The van der Waals surface area contributed by atoms with Gasteiger partial charge in [-0.2, -0.15) is 0 Å². The Balaban J connectivity index is 1.09. The van der Waals surface area contributed by atoms with Crippen molar-refractivity contribution in [3.8, 4) is 0 Å². The van der Waals surface area contributed by atoms with Gasteiger partial charge in [0, 0.05) is 6.42 Å². The zero-order valence-corrected chi connectivity index (χ0v) is 31.6. The highest BCUT2D eigenvalue weighted by atomic mass is 16.1. The third-order valence-corrected chi connectivity index (χ3v) is 14.5. The summed E-state index contributed by atoms with van der Waals surface area (Å²) in [6, 6.07) is 0. The SMILES string of the molecule is CC(C)CCC[C@@H](C)[C@H]1CCC2C3CC=C4CC(CCCCCCCC/C=C\CCCCCCC[C]=O)CC[C@]4(C)C3CC[C@@]21C. The Hall–Kier alpha value is -0.850. The van der Waals surface area contributed by atoms with E-state index in [2.05, 4.69) is 52.8 Å². The van der Waals surface area contributed by atoms with Crippen LogP contribution in [0.1, 0.15) is 202 Å². The van der Waals surface area contributed by atoms with Crippen LogP contribution in [0.4, 0.5) is 0 Å². The molecule has 1 radical (unpaired) electrons. The number of unbranched alkanes of at least 4 members (excludes halogenated alkanes) is 12. The molecule has 3 saturated carbocycles. The van der Waals surface area contributed by atoms with E-state index in [4.69, 9.17) is 0 Å². The molecule has 3 fully saturated rings. The molecule has 0 aromatic heterocycles. The molecule has 0 N–H and O–H groups in total. The van der Waals surface area contributed by atoms with Gasteiger partial charge in [-0.1, -0.05) is 135 Å². The maximum Gasteiger partial charge on any atom is 0.198 e. The molecule has 8 atom stereocenters. The molecule has 0 amide bonds. The standard InChI is InChI=1S/C45H77O/c1-36(2)23-22-24-37(3)41-28-29-42-40-27-26-39-35-38(30-32-44(39,4)43(40)31-33-45(41,42)5)25-20-18-16-14-12-10-8-6-7-9-11-13-15-17-19-21-34-46/h6-7,26,36-38,40-43H,8-25,27-33,35H2,1-5H3/b7-6-/t37-,38?,40?,41-,42?,43?,44+,45-/m1/s1. The lowest BCUT2D eigenvalue weighted by molar-refractivity contribution is -0.0529. The molecule has 0 saturated heterocycles. The predicted molar refractivity (Wildman–Crippen MR) is 201 cm³/mol. The minimum Gasteiger partial charge on any atom is -0.291 e. The minimum absolute atomic E-state index is 0.521. The van der Waals surface area contributed by atoms with Crippen LogP contribution in [0, 0.1) is 52.3 Å². The fourth-order valence-electron chi connectivity index (χ4n) is 11.6. The van der Waals surface area contributed by atoms with Crippen molar-refractivity contribution < 1.29 is 4.79 Å². The van der Waals surface area contributed by atoms with E-state index in [0.717, 1.165) is 47.8 Å². The molecule has 0 aromatic carbocycles. The van der Waals surface area contributed by atoms with Crippen LogP contribution in [0.2, 0.25) is 0 Å². The first-order chi connectivity index (χ1) is 22.3. The molecule has 0 spiro atoms. The molecular weight excluding hydrogens is 556 g/mol. The fraction of sp³-hybridized carbons (Fsp3) is 0.889. The molecule has 263 valence electrons. The molecule has 1 nitrogen and oxygen atoms in total. The van der Waals surface area contributed by atoms with Gasteiger partial charge in [0.15, 0.2) is 6.29 Å². The van der Waals surface area contributed by atoms with E-state index in [0.29, 0.717) is 17.3 Å². The summed E-state index contributed by atoms with van der Waals surface area (Å²) in [5.74, 6) is 6.67. The van der Waals surface area contributed by atoms with Crippen LogP contribution in [0.3, 0.4) is 0 Å². The molecular formula is C45H77O. The van der Waals surface area contributed by atoms with Gasteiger partial charge in [-0.25, -0.2) is 0 Å². The van der Waals surface area contributed by atoms with Crippen LogP contribution >= 0.6 is 0 Å². The van der Waals surface area contributed by atoms with E-state index in [-0.39, 0.29) is 0 Å². The second kappa shape index (κ2) is 19.4. The Morgan fingerprint density at radius 2 is 1.43 bits per heavy atom. The average molecular weight is 634 g/mol. The number of fused-ring (bicyclic) bond motifs is 5. The lowest BCUT2D eigenvalue weighted by atomic mass is 9.46. The van der Waals surface area contributed by atoms with Gasteiger partial charge in [0.25, 0.3) is 0 Å². The van der Waals surface area contributed by atoms with E-state index in [1.807, 2.05) is 11.9 Å². The lowest BCUT2D eigenvalue weighted by Crippen LogP contribution is -2.50. The zero-order chi connectivity index (χ0) is 32.8. The number of hydrogen-bond acceptors (Lipinski definition) is 1. The molecule has 1 heteroatoms. The van der Waals surface area contributed by atoms with E-state index < -0.39 is 0 Å². The summed E-state index contributed by atoms with van der Waals surface area (Å²) in [7, 11) is 0. The average Bonchev–Trinajstić information content (AvgIpc) is 3.39. The summed E-state index contributed by atoms with van der Waals surface area (Å²) in [6.45, 7) is 12.9. The van der Waals surface area contributed by atoms with Crippen LogP contribution in [0.25, 0.3) is 0 Å². The van der Waals surface area contributed by atoms with Crippen LogP contribution in [-0.4, -0.2) is 6.29 Å². The number of allylic oxidation sites excluding steroid dienone is 4. The van der Waals surface area contributed by atoms with Gasteiger partial charge in [0.1, 0.15) is 0 Å². The van der Waals surface area contributed by atoms with Gasteiger partial charge in [-0.3, -0.25) is 4.79 Å². The molecule has 4 aliphatic carbocycles. The van der Waals surface area contributed by atoms with Gasteiger partial charge in [-0.15, -0.1) is 0 Å². The smallest absolute Gasteiger partial charge is 0.198 e. The third kappa shape index (κ3) is 10.3. The second-order valence-electron chi connectivity index (χ2n) is 18.0. The van der Waals surface area contributed by atoms with Crippen molar-refractivity contribution in [1.29, 1.82) is 0 Å². The zero-order valence-electron chi connectivity index (χ0n) is 31.6. The van der Waals surface area contributed by atoms with Crippen molar-refractivity contribution in [2.75, 3.05) is 0 Å². The molecule has 4 aliphatic rings. The summed E-state index contributed by atoms with van der Waals surface area (Å²) >= 11 is 0. The van der Waals surface area contributed by atoms with Gasteiger partial charge >= 0.3 is 0 Å². The van der Waals surface area contributed by atoms with Crippen molar-refractivity contribution in [1.82, 2.24) is 0 Å². The van der Waals surface area contributed by atoms with Gasteiger partial charge < -0.3 is 0 Å². The molecule has 0 bridgehead atoms. The van der Waals surface area contributed by atoms with Crippen molar-refractivity contribution in [2.24, 2.45) is 52.3 Å². The Bertz CT molecular complexity index is 927. The maximum absolute atomic E-state index is 10.2. The Morgan fingerprint density at radius 3 is 2.13 bits per heavy atom. The van der Waals surface area contributed by atoms with E-state index in [1.165, 1.54) is 154 Å². The molecule has 4 rings (SSSR count).